The van der Waals surface area contributed by atoms with Gasteiger partial charge in [0.25, 0.3) is 0 Å². The summed E-state index contributed by atoms with van der Waals surface area (Å²) in [6, 6.07) is 0. The smallest absolute Gasteiger partial charge is 0.225 e. The monoisotopic (exact) mass is 311 g/mol. The van der Waals surface area contributed by atoms with Crippen molar-refractivity contribution in [2.24, 2.45) is 5.92 Å². The number of aromatic nitrogens is 2. The van der Waals surface area contributed by atoms with E-state index < -0.39 is 5.54 Å². The lowest BCUT2D eigenvalue weighted by Crippen LogP contribution is -2.47. The fraction of sp³-hybridized carbons (Fsp3) is 0.692. The van der Waals surface area contributed by atoms with Crippen molar-refractivity contribution >= 4 is 28.3 Å². The normalized spacial score (nSPS) is 20.8. The van der Waals surface area contributed by atoms with Gasteiger partial charge in [0.1, 0.15) is 5.01 Å². The molecule has 0 bridgehead atoms. The Kier molecular flexibility index (Phi) is 4.46. The van der Waals surface area contributed by atoms with Gasteiger partial charge >= 0.3 is 0 Å². The van der Waals surface area contributed by atoms with Gasteiger partial charge in [-0.25, -0.2) is 0 Å². The van der Waals surface area contributed by atoms with Crippen molar-refractivity contribution in [2.45, 2.75) is 38.6 Å². The van der Waals surface area contributed by atoms with E-state index in [0.717, 1.165) is 17.8 Å². The van der Waals surface area contributed by atoms with Gasteiger partial charge in [-0.3, -0.25) is 9.59 Å². The van der Waals surface area contributed by atoms with Gasteiger partial charge < -0.3 is 16.0 Å². The summed E-state index contributed by atoms with van der Waals surface area (Å²) in [5.74, 6) is -0.342. The van der Waals surface area contributed by atoms with Gasteiger partial charge in [0.15, 0.2) is 0 Å². The van der Waals surface area contributed by atoms with Gasteiger partial charge in [0.2, 0.25) is 16.9 Å². The summed E-state index contributed by atoms with van der Waals surface area (Å²) in [6.07, 6.45) is 1.79. The number of carbonyl (C=O) groups excluding carboxylic acids is 2. The Labute approximate surface area is 127 Å². The fourth-order valence-corrected chi connectivity index (χ4v) is 3.12. The molecule has 3 N–H and O–H groups in total. The first-order valence-corrected chi connectivity index (χ1v) is 7.76. The van der Waals surface area contributed by atoms with E-state index in [1.165, 1.54) is 11.3 Å². The summed E-state index contributed by atoms with van der Waals surface area (Å²) in [6.45, 7) is 4.40. The quantitative estimate of drug-likeness (QED) is 0.768. The van der Waals surface area contributed by atoms with Gasteiger partial charge in [0.05, 0.1) is 5.92 Å². The minimum Gasteiger partial charge on any atom is -0.374 e. The van der Waals surface area contributed by atoms with Crippen LogP contribution >= 0.6 is 11.3 Å². The van der Waals surface area contributed by atoms with Crippen molar-refractivity contribution in [1.29, 1.82) is 0 Å². The maximum absolute atomic E-state index is 12.2. The Bertz CT molecular complexity index is 542. The molecule has 1 fully saturated rings. The molecule has 1 aliphatic rings. The zero-order valence-corrected chi connectivity index (χ0v) is 13.4. The van der Waals surface area contributed by atoms with Crippen LogP contribution in [-0.2, 0) is 16.0 Å². The number of nitrogens with two attached hydrogens (primary N) is 1. The number of rotatable bonds is 5. The number of aryl methyl sites for hydroxylation is 1. The molecule has 1 saturated heterocycles. The first kappa shape index (κ1) is 15.7. The minimum absolute atomic E-state index is 0.0180. The molecule has 0 unspecified atom stereocenters. The minimum atomic E-state index is -0.436. The van der Waals surface area contributed by atoms with E-state index in [-0.39, 0.29) is 24.2 Å². The molecule has 0 spiro atoms. The van der Waals surface area contributed by atoms with E-state index in [9.17, 15) is 9.59 Å². The predicted octanol–water partition coefficient (Wildman–Crippen LogP) is 0.426. The maximum atomic E-state index is 12.2. The van der Waals surface area contributed by atoms with Gasteiger partial charge in [-0.1, -0.05) is 11.3 Å². The zero-order chi connectivity index (χ0) is 15.6. The molecular formula is C13H21N5O2S. The fourth-order valence-electron chi connectivity index (χ4n) is 2.47. The van der Waals surface area contributed by atoms with E-state index in [0.29, 0.717) is 11.7 Å². The second-order valence-electron chi connectivity index (χ2n) is 5.79. The van der Waals surface area contributed by atoms with Crippen LogP contribution < -0.4 is 11.1 Å². The Hall–Kier alpha value is -1.70. The average Bonchev–Trinajstić information content (AvgIpc) is 2.92. The van der Waals surface area contributed by atoms with E-state index in [1.807, 2.05) is 13.8 Å². The van der Waals surface area contributed by atoms with Crippen molar-refractivity contribution in [3.8, 4) is 0 Å². The molecule has 116 valence electrons. The largest absolute Gasteiger partial charge is 0.374 e. The zero-order valence-electron chi connectivity index (χ0n) is 12.5. The van der Waals surface area contributed by atoms with Crippen LogP contribution in [0.5, 0.6) is 0 Å². The van der Waals surface area contributed by atoms with E-state index in [1.54, 1.807) is 11.9 Å². The third-order valence-corrected chi connectivity index (χ3v) is 4.95. The van der Waals surface area contributed by atoms with Crippen LogP contribution in [0.3, 0.4) is 0 Å². The summed E-state index contributed by atoms with van der Waals surface area (Å²) in [4.78, 5) is 25.6. The molecule has 1 aromatic heterocycles. The number of carbonyl (C=O) groups is 2. The number of amides is 2. The number of likely N-dealkylation sites (tertiary alicyclic amines) is 1. The Balaban J connectivity index is 1.78. The highest BCUT2D eigenvalue weighted by atomic mass is 32.1. The van der Waals surface area contributed by atoms with Crippen molar-refractivity contribution < 1.29 is 9.59 Å². The van der Waals surface area contributed by atoms with Gasteiger partial charge in [-0.05, 0) is 20.3 Å². The lowest BCUT2D eigenvalue weighted by Gasteiger charge is -2.32. The van der Waals surface area contributed by atoms with Crippen LogP contribution in [0.15, 0.2) is 0 Å². The molecule has 2 heterocycles. The summed E-state index contributed by atoms with van der Waals surface area (Å²) in [7, 11) is 1.75. The molecule has 2 rings (SSSR count). The number of nitrogens with one attached hydrogen (secondary N) is 1. The maximum Gasteiger partial charge on any atom is 0.225 e. The van der Waals surface area contributed by atoms with Crippen molar-refractivity contribution in [1.82, 2.24) is 20.4 Å². The summed E-state index contributed by atoms with van der Waals surface area (Å²) in [5.41, 5.74) is 5.07. The van der Waals surface area contributed by atoms with Crippen molar-refractivity contribution in [3.05, 3.63) is 5.01 Å². The highest BCUT2D eigenvalue weighted by Gasteiger charge is 2.47. The van der Waals surface area contributed by atoms with Crippen molar-refractivity contribution in [3.63, 3.8) is 0 Å². The van der Waals surface area contributed by atoms with E-state index >= 15 is 0 Å². The lowest BCUT2D eigenvalue weighted by molar-refractivity contribution is -0.128. The third kappa shape index (κ3) is 3.31. The van der Waals surface area contributed by atoms with E-state index in [4.69, 9.17) is 5.73 Å². The Morgan fingerprint density at radius 2 is 2.24 bits per heavy atom. The second kappa shape index (κ2) is 5.97. The Morgan fingerprint density at radius 3 is 2.76 bits per heavy atom. The Morgan fingerprint density at radius 1 is 1.52 bits per heavy atom. The van der Waals surface area contributed by atoms with Crippen LogP contribution in [0.1, 0.15) is 31.7 Å². The van der Waals surface area contributed by atoms with Crippen LogP contribution in [-0.4, -0.2) is 46.0 Å². The molecule has 1 aliphatic heterocycles. The number of anilines is 1. The number of hydrogen-bond donors (Lipinski definition) is 2. The highest BCUT2D eigenvalue weighted by molar-refractivity contribution is 7.15. The molecule has 0 radical (unpaired) electrons. The SMILES string of the molecule is CN1C(=O)C[C@@H](C(=O)NCCCc2nnc(N)s2)C1(C)C. The van der Waals surface area contributed by atoms with E-state index in [2.05, 4.69) is 15.5 Å². The first-order valence-electron chi connectivity index (χ1n) is 6.94. The molecule has 0 saturated carbocycles. The van der Waals surface area contributed by atoms with Crippen LogP contribution in [0.25, 0.3) is 0 Å². The standard InChI is InChI=1S/C13H21N5O2S/c1-13(2)8(7-10(19)18(13)3)11(20)15-6-4-5-9-16-17-12(14)21-9/h8H,4-7H2,1-3H3,(H2,14,17)(H,15,20)/t8-/m0/s1. The average molecular weight is 311 g/mol. The summed E-state index contributed by atoms with van der Waals surface area (Å²) >= 11 is 1.36. The van der Waals surface area contributed by atoms with Gasteiger partial charge in [-0.15, -0.1) is 10.2 Å². The van der Waals surface area contributed by atoms with Crippen LogP contribution in [0.4, 0.5) is 5.13 Å². The molecule has 7 nitrogen and oxygen atoms in total. The molecular weight excluding hydrogens is 290 g/mol. The molecule has 0 aliphatic carbocycles. The highest BCUT2D eigenvalue weighted by Crippen LogP contribution is 2.34. The van der Waals surface area contributed by atoms with Gasteiger partial charge in [-0.2, -0.15) is 0 Å². The topological polar surface area (TPSA) is 101 Å². The van der Waals surface area contributed by atoms with Gasteiger partial charge in [0, 0.05) is 32.0 Å². The molecule has 1 atom stereocenters. The van der Waals surface area contributed by atoms with Crippen molar-refractivity contribution in [2.75, 3.05) is 19.3 Å². The molecule has 2 amide bonds. The number of hydrogen-bond acceptors (Lipinski definition) is 6. The second-order valence-corrected chi connectivity index (χ2v) is 6.89. The first-order chi connectivity index (χ1) is 9.82. The molecule has 0 aromatic carbocycles. The number of nitrogen functional groups attached to an aromatic ring is 1. The third-order valence-electron chi connectivity index (χ3n) is 4.14. The van der Waals surface area contributed by atoms with Crippen LogP contribution in [0, 0.1) is 5.92 Å². The molecule has 8 heteroatoms. The summed E-state index contributed by atoms with van der Waals surface area (Å²) < 4.78 is 0. The molecule has 1 aromatic rings. The van der Waals surface area contributed by atoms with Crippen LogP contribution in [0.2, 0.25) is 0 Å². The lowest BCUT2D eigenvalue weighted by atomic mass is 9.88. The predicted molar refractivity (Wildman–Crippen MR) is 80.6 cm³/mol. The summed E-state index contributed by atoms with van der Waals surface area (Å²) in [5, 5.41) is 11.9. The number of nitrogens with zero attached hydrogens (tertiary/aromatic N) is 3. The molecule has 21 heavy (non-hydrogen) atoms.